The molecule has 25 heavy (non-hydrogen) atoms. The first kappa shape index (κ1) is 17.7. The van der Waals surface area contributed by atoms with E-state index in [1.165, 1.54) is 11.3 Å². The van der Waals surface area contributed by atoms with E-state index in [9.17, 15) is 8.42 Å². The summed E-state index contributed by atoms with van der Waals surface area (Å²) < 4.78 is 24.9. The third kappa shape index (κ3) is 4.72. The Morgan fingerprint density at radius 3 is 2.52 bits per heavy atom. The Morgan fingerprint density at radius 2 is 1.84 bits per heavy atom. The van der Waals surface area contributed by atoms with Crippen molar-refractivity contribution in [1.29, 1.82) is 0 Å². The molecule has 2 N–H and O–H groups in total. The Morgan fingerprint density at radius 1 is 1.12 bits per heavy atom. The summed E-state index contributed by atoms with van der Waals surface area (Å²) in [7, 11) is -3.28. The van der Waals surface area contributed by atoms with Crippen LogP contribution in [0.1, 0.15) is 5.56 Å². The van der Waals surface area contributed by atoms with Crippen molar-refractivity contribution in [3.63, 3.8) is 0 Å². The predicted molar refractivity (Wildman–Crippen MR) is 105 cm³/mol. The van der Waals surface area contributed by atoms with Gasteiger partial charge >= 0.3 is 0 Å². The second kappa shape index (κ2) is 7.03. The van der Waals surface area contributed by atoms with Crippen LogP contribution >= 0.6 is 22.9 Å². The highest BCUT2D eigenvalue weighted by Gasteiger charge is 2.08. The van der Waals surface area contributed by atoms with Gasteiger partial charge in [0, 0.05) is 27.3 Å². The van der Waals surface area contributed by atoms with E-state index in [0.29, 0.717) is 10.7 Å². The lowest BCUT2D eigenvalue weighted by atomic mass is 10.1. The number of nitrogens with one attached hydrogen (secondary N) is 2. The molecule has 0 radical (unpaired) electrons. The number of sulfonamides is 1. The van der Waals surface area contributed by atoms with Crippen molar-refractivity contribution >= 4 is 49.5 Å². The Labute approximate surface area is 155 Å². The summed E-state index contributed by atoms with van der Waals surface area (Å²) in [6, 6.07) is 12.7. The maximum Gasteiger partial charge on any atom is 0.229 e. The predicted octanol–water partition coefficient (Wildman–Crippen LogP) is 4.89. The standard InChI is InChI=1S/C17H16ClN3O2S2/c1-11-3-6-13(18)9-15(11)19-17-20-16(10-24-17)12-4-7-14(8-5-12)21-25(2,22)23/h3-10,21H,1-2H3,(H,19,20). The normalized spacial score (nSPS) is 11.3. The molecule has 0 fully saturated rings. The lowest BCUT2D eigenvalue weighted by Crippen LogP contribution is -2.09. The number of aromatic nitrogens is 1. The van der Waals surface area contributed by atoms with Crippen LogP contribution in [0.25, 0.3) is 11.3 Å². The van der Waals surface area contributed by atoms with Crippen molar-refractivity contribution in [3.8, 4) is 11.3 Å². The van der Waals surface area contributed by atoms with Crippen LogP contribution in [0.3, 0.4) is 0 Å². The van der Waals surface area contributed by atoms with Gasteiger partial charge in [0.15, 0.2) is 5.13 Å². The Kier molecular flexibility index (Phi) is 4.99. The first-order valence-corrected chi connectivity index (χ1v) is 10.5. The lowest BCUT2D eigenvalue weighted by molar-refractivity contribution is 0.607. The first-order valence-electron chi connectivity index (χ1n) is 7.37. The summed E-state index contributed by atoms with van der Waals surface area (Å²) in [6.45, 7) is 2.00. The smallest absolute Gasteiger partial charge is 0.229 e. The van der Waals surface area contributed by atoms with Crippen LogP contribution in [0, 0.1) is 6.92 Å². The van der Waals surface area contributed by atoms with Crippen molar-refractivity contribution in [3.05, 3.63) is 58.4 Å². The molecule has 0 aliphatic carbocycles. The minimum atomic E-state index is -3.28. The Hall–Kier alpha value is -2.09. The Balaban J connectivity index is 1.78. The molecule has 0 spiro atoms. The second-order valence-corrected chi connectivity index (χ2v) is 8.62. The van der Waals surface area contributed by atoms with E-state index in [2.05, 4.69) is 15.0 Å². The molecule has 0 unspecified atom stereocenters. The summed E-state index contributed by atoms with van der Waals surface area (Å²) in [5.74, 6) is 0. The molecule has 5 nitrogen and oxygen atoms in total. The first-order chi connectivity index (χ1) is 11.8. The molecule has 1 heterocycles. The van der Waals surface area contributed by atoms with Crippen LogP contribution in [0.4, 0.5) is 16.5 Å². The number of anilines is 3. The molecule has 0 aliphatic heterocycles. The molecule has 2 aromatic carbocycles. The van der Waals surface area contributed by atoms with Gasteiger partial charge in [-0.25, -0.2) is 13.4 Å². The molecule has 3 aromatic rings. The summed E-state index contributed by atoms with van der Waals surface area (Å²) in [5.41, 5.74) is 4.25. The van der Waals surface area contributed by atoms with Gasteiger partial charge in [-0.15, -0.1) is 11.3 Å². The van der Waals surface area contributed by atoms with E-state index in [4.69, 9.17) is 11.6 Å². The maximum absolute atomic E-state index is 11.2. The fourth-order valence-electron chi connectivity index (χ4n) is 2.23. The van der Waals surface area contributed by atoms with Gasteiger partial charge in [0.2, 0.25) is 10.0 Å². The molecule has 0 saturated heterocycles. The van der Waals surface area contributed by atoms with Gasteiger partial charge in [-0.2, -0.15) is 0 Å². The van der Waals surface area contributed by atoms with Crippen LogP contribution in [0.15, 0.2) is 47.8 Å². The molecule has 3 rings (SSSR count). The average Bonchev–Trinajstić information content (AvgIpc) is 2.99. The van der Waals surface area contributed by atoms with E-state index >= 15 is 0 Å². The maximum atomic E-state index is 11.2. The Bertz CT molecular complexity index is 999. The number of hydrogen-bond donors (Lipinski definition) is 2. The van der Waals surface area contributed by atoms with Gasteiger partial charge < -0.3 is 5.32 Å². The van der Waals surface area contributed by atoms with E-state index in [0.717, 1.165) is 33.9 Å². The molecule has 8 heteroatoms. The molecule has 0 atom stereocenters. The monoisotopic (exact) mass is 393 g/mol. The van der Waals surface area contributed by atoms with Crippen molar-refractivity contribution in [1.82, 2.24) is 4.98 Å². The minimum absolute atomic E-state index is 0.523. The van der Waals surface area contributed by atoms with Gasteiger partial charge in [-0.3, -0.25) is 4.72 Å². The number of thiazole rings is 1. The third-order valence-corrected chi connectivity index (χ3v) is 5.03. The largest absolute Gasteiger partial charge is 0.331 e. The van der Waals surface area contributed by atoms with Crippen LogP contribution in [0.2, 0.25) is 5.02 Å². The van der Waals surface area contributed by atoms with E-state index in [-0.39, 0.29) is 0 Å². The highest BCUT2D eigenvalue weighted by Crippen LogP contribution is 2.30. The van der Waals surface area contributed by atoms with Crippen molar-refractivity contribution in [2.24, 2.45) is 0 Å². The van der Waals surface area contributed by atoms with E-state index in [1.54, 1.807) is 12.1 Å². The van der Waals surface area contributed by atoms with E-state index < -0.39 is 10.0 Å². The molecular weight excluding hydrogens is 378 g/mol. The number of rotatable bonds is 5. The molecule has 0 saturated carbocycles. The van der Waals surface area contributed by atoms with Gasteiger partial charge in [0.1, 0.15) is 0 Å². The zero-order valence-electron chi connectivity index (χ0n) is 13.6. The van der Waals surface area contributed by atoms with Crippen LogP contribution in [-0.4, -0.2) is 19.7 Å². The zero-order chi connectivity index (χ0) is 18.0. The number of aryl methyl sites for hydroxylation is 1. The highest BCUT2D eigenvalue weighted by molar-refractivity contribution is 7.92. The number of benzene rings is 2. The highest BCUT2D eigenvalue weighted by atomic mass is 35.5. The minimum Gasteiger partial charge on any atom is -0.331 e. The molecule has 0 amide bonds. The van der Waals surface area contributed by atoms with Crippen LogP contribution < -0.4 is 10.0 Å². The molecular formula is C17H16ClN3O2S2. The van der Waals surface area contributed by atoms with Crippen LogP contribution in [-0.2, 0) is 10.0 Å². The number of nitrogens with zero attached hydrogens (tertiary/aromatic N) is 1. The van der Waals surface area contributed by atoms with Crippen molar-refractivity contribution < 1.29 is 8.42 Å². The van der Waals surface area contributed by atoms with E-state index in [1.807, 2.05) is 42.6 Å². The average molecular weight is 394 g/mol. The summed E-state index contributed by atoms with van der Waals surface area (Å²) in [4.78, 5) is 4.58. The number of halogens is 1. The molecule has 0 bridgehead atoms. The van der Waals surface area contributed by atoms with Crippen molar-refractivity contribution in [2.75, 3.05) is 16.3 Å². The zero-order valence-corrected chi connectivity index (χ0v) is 16.0. The number of hydrogen-bond acceptors (Lipinski definition) is 5. The molecule has 130 valence electrons. The van der Waals surface area contributed by atoms with Crippen LogP contribution in [0.5, 0.6) is 0 Å². The van der Waals surface area contributed by atoms with Gasteiger partial charge in [-0.05, 0) is 36.8 Å². The quantitative estimate of drug-likeness (QED) is 0.647. The summed E-state index contributed by atoms with van der Waals surface area (Å²) in [6.07, 6.45) is 1.12. The SMILES string of the molecule is Cc1ccc(Cl)cc1Nc1nc(-c2ccc(NS(C)(=O)=O)cc2)cs1. The van der Waals surface area contributed by atoms with Gasteiger partial charge in [0.05, 0.1) is 11.9 Å². The fraction of sp³-hybridized carbons (Fsp3) is 0.118. The fourth-order valence-corrected chi connectivity index (χ4v) is 3.70. The topological polar surface area (TPSA) is 71.1 Å². The third-order valence-electron chi connectivity index (χ3n) is 3.43. The second-order valence-electron chi connectivity index (χ2n) is 5.57. The van der Waals surface area contributed by atoms with Gasteiger partial charge in [-0.1, -0.05) is 29.8 Å². The molecule has 0 aliphatic rings. The van der Waals surface area contributed by atoms with Gasteiger partial charge in [0.25, 0.3) is 0 Å². The molecule has 1 aromatic heterocycles. The summed E-state index contributed by atoms with van der Waals surface area (Å²) >= 11 is 7.53. The lowest BCUT2D eigenvalue weighted by Gasteiger charge is -2.07. The van der Waals surface area contributed by atoms with Crippen molar-refractivity contribution in [2.45, 2.75) is 6.92 Å². The summed E-state index contributed by atoms with van der Waals surface area (Å²) in [5, 5.41) is 6.65.